The maximum Gasteiger partial charge on any atom is 0.0443 e. The molecule has 1 unspecified atom stereocenters. The van der Waals surface area contributed by atoms with Crippen LogP contribution < -0.4 is 5.11 Å². The Kier molecular flexibility index (Phi) is 3.19. The summed E-state index contributed by atoms with van der Waals surface area (Å²) < 4.78 is 0. The molecule has 0 aliphatic heterocycles. The van der Waals surface area contributed by atoms with Crippen molar-refractivity contribution in [2.45, 2.75) is 13.3 Å². The van der Waals surface area contributed by atoms with E-state index in [9.17, 15) is 9.90 Å². The molecule has 0 saturated carbocycles. The summed E-state index contributed by atoms with van der Waals surface area (Å²) in [5, 5.41) is 18.1. The Morgan fingerprint density at radius 1 is 1.88 bits per heavy atom. The van der Waals surface area contributed by atoms with E-state index >= 15 is 0 Å². The third-order valence-electron chi connectivity index (χ3n) is 0.964. The van der Waals surface area contributed by atoms with Crippen molar-refractivity contribution in [3.05, 3.63) is 0 Å². The second kappa shape index (κ2) is 3.43. The minimum absolute atomic E-state index is 0.0881. The number of hydrogen-bond acceptors (Lipinski definition) is 3. The van der Waals surface area contributed by atoms with Gasteiger partial charge in [0.25, 0.3) is 0 Å². The highest BCUT2D eigenvalue weighted by Crippen LogP contribution is 1.96. The summed E-state index contributed by atoms with van der Waals surface area (Å²) in [4.78, 5) is 9.87. The predicted octanol–water partition coefficient (Wildman–Crippen LogP) is -1.25. The fraction of sp³-hybridized carbons (Fsp3) is 0.800. The average Bonchev–Trinajstić information content (AvgIpc) is 1.67. The maximum atomic E-state index is 9.87. The second-order valence-corrected chi connectivity index (χ2v) is 1.73. The summed E-state index contributed by atoms with van der Waals surface area (Å²) in [6, 6.07) is 0. The Balaban J connectivity index is 3.32. The van der Waals surface area contributed by atoms with Gasteiger partial charge in [0.2, 0.25) is 0 Å². The largest absolute Gasteiger partial charge is 0.550 e. The molecule has 0 aliphatic carbocycles. The van der Waals surface area contributed by atoms with Gasteiger partial charge in [-0.25, -0.2) is 0 Å². The van der Waals surface area contributed by atoms with E-state index in [-0.39, 0.29) is 13.0 Å². The van der Waals surface area contributed by atoms with Gasteiger partial charge in [0.1, 0.15) is 0 Å². The third-order valence-corrected chi connectivity index (χ3v) is 0.964. The first-order valence-corrected chi connectivity index (χ1v) is 2.50. The molecule has 0 spiro atoms. The summed E-state index contributed by atoms with van der Waals surface area (Å²) in [5.74, 6) is -1.63. The molecular weight excluding hydrogens is 108 g/mol. The van der Waals surface area contributed by atoms with Crippen molar-refractivity contribution in [1.82, 2.24) is 0 Å². The number of carboxylic acids is 1. The van der Waals surface area contributed by atoms with Crippen molar-refractivity contribution in [1.29, 1.82) is 0 Å². The summed E-state index contributed by atoms with van der Waals surface area (Å²) >= 11 is 0. The number of aliphatic hydroxyl groups excluding tert-OH is 1. The lowest BCUT2D eigenvalue weighted by Crippen LogP contribution is -2.29. The molecule has 0 aromatic rings. The fourth-order valence-electron chi connectivity index (χ4n) is 0.312. The van der Waals surface area contributed by atoms with E-state index in [1.807, 2.05) is 0 Å². The Bertz CT molecular complexity index is 79.7. The van der Waals surface area contributed by atoms with Gasteiger partial charge in [-0.15, -0.1) is 0 Å². The van der Waals surface area contributed by atoms with Crippen molar-refractivity contribution >= 4 is 5.97 Å². The molecule has 3 nitrogen and oxygen atoms in total. The van der Waals surface area contributed by atoms with Crippen molar-refractivity contribution in [2.75, 3.05) is 6.61 Å². The lowest BCUT2D eigenvalue weighted by atomic mass is 10.1. The molecule has 48 valence electrons. The zero-order valence-electron chi connectivity index (χ0n) is 4.76. The molecule has 0 radical (unpaired) electrons. The number of carbonyl (C=O) groups is 1. The quantitative estimate of drug-likeness (QED) is 0.502. The first-order chi connectivity index (χ1) is 3.68. The van der Waals surface area contributed by atoms with Gasteiger partial charge in [-0.1, -0.05) is 6.92 Å². The van der Waals surface area contributed by atoms with Gasteiger partial charge < -0.3 is 15.0 Å². The molecule has 0 rings (SSSR count). The van der Waals surface area contributed by atoms with Gasteiger partial charge in [-0.05, 0) is 12.3 Å². The zero-order chi connectivity index (χ0) is 6.57. The van der Waals surface area contributed by atoms with Crippen molar-refractivity contribution < 1.29 is 15.0 Å². The van der Waals surface area contributed by atoms with E-state index < -0.39 is 11.9 Å². The topological polar surface area (TPSA) is 60.4 Å². The number of carbonyl (C=O) groups excluding carboxylic acids is 1. The molecule has 0 amide bonds. The highest BCUT2D eigenvalue weighted by atomic mass is 16.4. The summed E-state index contributed by atoms with van der Waals surface area (Å²) in [5.41, 5.74) is 0. The first-order valence-electron chi connectivity index (χ1n) is 2.50. The van der Waals surface area contributed by atoms with Gasteiger partial charge in [-0.2, -0.15) is 0 Å². The maximum absolute atomic E-state index is 9.87. The number of hydrogen-bond donors (Lipinski definition) is 1. The molecule has 0 aliphatic rings. The lowest BCUT2D eigenvalue weighted by molar-refractivity contribution is -0.311. The molecule has 1 atom stereocenters. The van der Waals surface area contributed by atoms with Gasteiger partial charge in [0.05, 0.1) is 0 Å². The Labute approximate surface area is 47.9 Å². The van der Waals surface area contributed by atoms with E-state index in [4.69, 9.17) is 5.11 Å². The van der Waals surface area contributed by atoms with Crippen LogP contribution in [0.2, 0.25) is 0 Å². The molecule has 0 heterocycles. The number of carboxylic acid groups (broad SMARTS) is 1. The van der Waals surface area contributed by atoms with E-state index in [2.05, 4.69) is 0 Å². The number of aliphatic hydroxyl groups is 1. The van der Waals surface area contributed by atoms with E-state index in [1.165, 1.54) is 6.92 Å². The predicted molar refractivity (Wildman–Crippen MR) is 25.9 cm³/mol. The molecule has 0 fully saturated rings. The normalized spacial score (nSPS) is 13.2. The molecule has 0 bridgehead atoms. The van der Waals surface area contributed by atoms with Crippen molar-refractivity contribution in [3.63, 3.8) is 0 Å². The van der Waals surface area contributed by atoms with Crippen LogP contribution in [-0.2, 0) is 4.79 Å². The van der Waals surface area contributed by atoms with Gasteiger partial charge >= 0.3 is 0 Å². The van der Waals surface area contributed by atoms with E-state index in [1.54, 1.807) is 0 Å². The monoisotopic (exact) mass is 117 g/mol. The molecular formula is C5H9O3-. The van der Waals surface area contributed by atoms with Gasteiger partial charge in [-0.3, -0.25) is 0 Å². The summed E-state index contributed by atoms with van der Waals surface area (Å²) in [6.07, 6.45) is 0.280. The van der Waals surface area contributed by atoms with Crippen LogP contribution in [-0.4, -0.2) is 17.7 Å². The van der Waals surface area contributed by atoms with Crippen LogP contribution in [0.3, 0.4) is 0 Å². The Hall–Kier alpha value is -0.570. The van der Waals surface area contributed by atoms with Gasteiger partial charge in [0, 0.05) is 12.6 Å². The molecule has 1 N–H and O–H groups in total. The molecule has 3 heteroatoms. The summed E-state index contributed by atoms with van der Waals surface area (Å²) in [6.45, 7) is 1.42. The highest BCUT2D eigenvalue weighted by Gasteiger charge is 1.98. The molecule has 0 aromatic heterocycles. The van der Waals surface area contributed by atoms with Crippen LogP contribution >= 0.6 is 0 Å². The SMILES string of the molecule is CC(CCO)C(=O)[O-]. The fourth-order valence-corrected chi connectivity index (χ4v) is 0.312. The Morgan fingerprint density at radius 3 is 2.50 bits per heavy atom. The van der Waals surface area contributed by atoms with E-state index in [0.29, 0.717) is 0 Å². The smallest absolute Gasteiger partial charge is 0.0443 e. The van der Waals surface area contributed by atoms with Crippen LogP contribution in [0.5, 0.6) is 0 Å². The summed E-state index contributed by atoms with van der Waals surface area (Å²) in [7, 11) is 0. The number of rotatable bonds is 3. The van der Waals surface area contributed by atoms with Crippen LogP contribution in [0.4, 0.5) is 0 Å². The molecule has 0 aromatic carbocycles. The highest BCUT2D eigenvalue weighted by molar-refractivity contribution is 5.66. The van der Waals surface area contributed by atoms with Crippen LogP contribution in [0, 0.1) is 5.92 Å². The van der Waals surface area contributed by atoms with Crippen LogP contribution in [0.25, 0.3) is 0 Å². The Morgan fingerprint density at radius 2 is 2.38 bits per heavy atom. The second-order valence-electron chi connectivity index (χ2n) is 1.73. The average molecular weight is 117 g/mol. The first kappa shape index (κ1) is 7.43. The van der Waals surface area contributed by atoms with Crippen molar-refractivity contribution in [3.8, 4) is 0 Å². The van der Waals surface area contributed by atoms with Crippen LogP contribution in [0.1, 0.15) is 13.3 Å². The lowest BCUT2D eigenvalue weighted by Gasteiger charge is -2.08. The van der Waals surface area contributed by atoms with Crippen molar-refractivity contribution in [2.24, 2.45) is 5.92 Å². The molecule has 8 heavy (non-hydrogen) atoms. The number of aliphatic carboxylic acids is 1. The minimum Gasteiger partial charge on any atom is -0.550 e. The zero-order valence-corrected chi connectivity index (χ0v) is 4.76. The van der Waals surface area contributed by atoms with Crippen LogP contribution in [0.15, 0.2) is 0 Å². The third kappa shape index (κ3) is 2.58. The minimum atomic E-state index is -1.10. The standard InChI is InChI=1S/C5H10O3/c1-4(2-3-6)5(7)8/h4,6H,2-3H2,1H3,(H,7,8)/p-1. The van der Waals surface area contributed by atoms with Gasteiger partial charge in [0.15, 0.2) is 0 Å². The van der Waals surface area contributed by atoms with E-state index in [0.717, 1.165) is 0 Å². The molecule has 0 saturated heterocycles.